The number of aromatic nitrogens is 4. The van der Waals surface area contributed by atoms with Crippen LogP contribution in [0.5, 0.6) is 0 Å². The molecule has 2 N–H and O–H groups in total. The second kappa shape index (κ2) is 5.27. The zero-order chi connectivity index (χ0) is 14.0. The normalized spacial score (nSPS) is 10.6. The Morgan fingerprint density at radius 3 is 2.89 bits per heavy atom. The van der Waals surface area contributed by atoms with Gasteiger partial charge in [0, 0.05) is 24.7 Å². The third-order valence-electron chi connectivity index (χ3n) is 2.43. The molecule has 0 aliphatic carbocycles. The summed E-state index contributed by atoms with van der Waals surface area (Å²) in [5.41, 5.74) is 0.575. The molecule has 0 unspecified atom stereocenters. The van der Waals surface area contributed by atoms with E-state index in [-0.39, 0.29) is 10.6 Å². The summed E-state index contributed by atoms with van der Waals surface area (Å²) in [5.74, 6) is -0.651. The van der Waals surface area contributed by atoms with Crippen LogP contribution in [0.1, 0.15) is 21.7 Å². The maximum Gasteiger partial charge on any atom is 0.346 e. The Morgan fingerprint density at radius 2 is 2.32 bits per heavy atom. The molecule has 19 heavy (non-hydrogen) atoms. The molecule has 0 bridgehead atoms. The van der Waals surface area contributed by atoms with Gasteiger partial charge in [-0.3, -0.25) is 4.68 Å². The van der Waals surface area contributed by atoms with Gasteiger partial charge in [0.05, 0.1) is 5.69 Å². The molecule has 0 spiro atoms. The lowest BCUT2D eigenvalue weighted by atomic mass is 10.2. The fourth-order valence-corrected chi connectivity index (χ4v) is 2.57. The maximum atomic E-state index is 11.3. The average Bonchev–Trinajstić information content (AvgIpc) is 2.71. The molecule has 0 aromatic carbocycles. The van der Waals surface area contributed by atoms with Crippen LogP contribution in [0.15, 0.2) is 22.1 Å². The standard InChI is InChI=1S/C11H12N4O3S/c1-6-8(10(16)17)9(13-11(18)12-6)19-5-7-3-4-15(2)14-7/h3-4H,5H2,1-2H3,(H,16,17)(H,12,13,18). The number of hydrogen-bond acceptors (Lipinski definition) is 5. The lowest BCUT2D eigenvalue weighted by Crippen LogP contribution is -2.18. The minimum atomic E-state index is -1.11. The van der Waals surface area contributed by atoms with Crippen LogP contribution in [0.25, 0.3) is 0 Å². The van der Waals surface area contributed by atoms with Gasteiger partial charge in [-0.25, -0.2) is 9.59 Å². The van der Waals surface area contributed by atoms with Gasteiger partial charge in [0.1, 0.15) is 10.6 Å². The molecule has 0 aliphatic rings. The fourth-order valence-electron chi connectivity index (χ4n) is 1.60. The van der Waals surface area contributed by atoms with Crippen LogP contribution in [0.3, 0.4) is 0 Å². The van der Waals surface area contributed by atoms with Gasteiger partial charge in [0.15, 0.2) is 0 Å². The minimum Gasteiger partial charge on any atom is -0.478 e. The number of aryl methyl sites for hydroxylation is 2. The van der Waals surface area contributed by atoms with E-state index in [4.69, 9.17) is 5.11 Å². The van der Waals surface area contributed by atoms with Gasteiger partial charge in [0.25, 0.3) is 0 Å². The van der Waals surface area contributed by atoms with E-state index in [0.29, 0.717) is 11.4 Å². The molecule has 100 valence electrons. The number of H-pyrrole nitrogens is 1. The number of carboxylic acid groups (broad SMARTS) is 1. The van der Waals surface area contributed by atoms with E-state index >= 15 is 0 Å². The van der Waals surface area contributed by atoms with Gasteiger partial charge in [-0.2, -0.15) is 10.1 Å². The Bertz CT molecular complexity index is 677. The average molecular weight is 280 g/mol. The maximum absolute atomic E-state index is 11.3. The molecule has 2 rings (SSSR count). The number of aromatic amines is 1. The number of hydrogen-bond donors (Lipinski definition) is 2. The Labute approximate surface area is 112 Å². The quantitative estimate of drug-likeness (QED) is 0.634. The van der Waals surface area contributed by atoms with E-state index in [9.17, 15) is 9.59 Å². The molecule has 8 heteroatoms. The van der Waals surface area contributed by atoms with Gasteiger partial charge in [0.2, 0.25) is 0 Å². The van der Waals surface area contributed by atoms with Crippen molar-refractivity contribution < 1.29 is 9.90 Å². The van der Waals surface area contributed by atoms with Gasteiger partial charge < -0.3 is 10.1 Å². The first-order chi connectivity index (χ1) is 8.97. The number of carbonyl (C=O) groups is 1. The summed E-state index contributed by atoms with van der Waals surface area (Å²) in [6, 6.07) is 1.83. The SMILES string of the molecule is Cc1[nH]c(=O)nc(SCc2ccn(C)n2)c1C(=O)O. The van der Waals surface area contributed by atoms with E-state index in [2.05, 4.69) is 15.1 Å². The van der Waals surface area contributed by atoms with E-state index in [0.717, 1.165) is 5.69 Å². The zero-order valence-corrected chi connectivity index (χ0v) is 11.2. The van der Waals surface area contributed by atoms with E-state index in [1.165, 1.54) is 18.7 Å². The van der Waals surface area contributed by atoms with Crippen molar-refractivity contribution in [3.63, 3.8) is 0 Å². The molecule has 2 aromatic rings. The highest BCUT2D eigenvalue weighted by molar-refractivity contribution is 7.98. The van der Waals surface area contributed by atoms with E-state index in [1.54, 1.807) is 17.9 Å². The first kappa shape index (κ1) is 13.3. The van der Waals surface area contributed by atoms with Gasteiger partial charge in [-0.05, 0) is 13.0 Å². The molecule has 0 fully saturated rings. The van der Waals surface area contributed by atoms with Crippen molar-refractivity contribution in [2.45, 2.75) is 17.7 Å². The summed E-state index contributed by atoms with van der Waals surface area (Å²) in [5, 5.41) is 13.5. The van der Waals surface area contributed by atoms with Crippen molar-refractivity contribution in [3.05, 3.63) is 39.7 Å². The minimum absolute atomic E-state index is 0.0283. The van der Waals surface area contributed by atoms with Crippen molar-refractivity contribution in [1.29, 1.82) is 0 Å². The number of aromatic carboxylic acids is 1. The molecule has 0 saturated carbocycles. The number of nitrogens with one attached hydrogen (secondary N) is 1. The zero-order valence-electron chi connectivity index (χ0n) is 10.4. The Morgan fingerprint density at radius 1 is 1.58 bits per heavy atom. The smallest absolute Gasteiger partial charge is 0.346 e. The predicted molar refractivity (Wildman–Crippen MR) is 69.3 cm³/mol. The summed E-state index contributed by atoms with van der Waals surface area (Å²) >= 11 is 1.18. The fraction of sp³-hybridized carbons (Fsp3) is 0.273. The molecule has 7 nitrogen and oxygen atoms in total. The number of thioether (sulfide) groups is 1. The topological polar surface area (TPSA) is 101 Å². The summed E-state index contributed by atoms with van der Waals surface area (Å²) in [6.45, 7) is 1.54. The largest absolute Gasteiger partial charge is 0.478 e. The number of carboxylic acids is 1. The molecule has 0 radical (unpaired) electrons. The highest BCUT2D eigenvalue weighted by atomic mass is 32.2. The second-order valence-corrected chi connectivity index (χ2v) is 4.89. The van der Waals surface area contributed by atoms with Crippen LogP contribution in [-0.2, 0) is 12.8 Å². The lowest BCUT2D eigenvalue weighted by Gasteiger charge is -2.05. The Hall–Kier alpha value is -2.09. The highest BCUT2D eigenvalue weighted by Gasteiger charge is 2.17. The van der Waals surface area contributed by atoms with Crippen molar-refractivity contribution in [3.8, 4) is 0 Å². The number of rotatable bonds is 4. The lowest BCUT2D eigenvalue weighted by molar-refractivity contribution is 0.0690. The molecule has 2 heterocycles. The molecule has 0 aliphatic heterocycles. The molecule has 0 saturated heterocycles. The molecule has 2 aromatic heterocycles. The molecule has 0 amide bonds. The summed E-state index contributed by atoms with van der Waals surface area (Å²) in [4.78, 5) is 28.6. The van der Waals surface area contributed by atoms with Gasteiger partial charge >= 0.3 is 11.7 Å². The second-order valence-electron chi connectivity index (χ2n) is 3.92. The van der Waals surface area contributed by atoms with Crippen molar-refractivity contribution >= 4 is 17.7 Å². The summed E-state index contributed by atoms with van der Waals surface area (Å²) < 4.78 is 1.66. The Balaban J connectivity index is 2.28. The van der Waals surface area contributed by atoms with E-state index in [1.807, 2.05) is 6.07 Å². The van der Waals surface area contributed by atoms with Gasteiger partial charge in [-0.1, -0.05) is 11.8 Å². The molecule has 0 atom stereocenters. The van der Waals surface area contributed by atoms with Crippen LogP contribution < -0.4 is 5.69 Å². The van der Waals surface area contributed by atoms with E-state index < -0.39 is 11.7 Å². The Kier molecular flexibility index (Phi) is 3.70. The number of nitrogens with zero attached hydrogens (tertiary/aromatic N) is 3. The summed E-state index contributed by atoms with van der Waals surface area (Å²) in [6.07, 6.45) is 1.80. The van der Waals surface area contributed by atoms with Crippen LogP contribution >= 0.6 is 11.8 Å². The van der Waals surface area contributed by atoms with Gasteiger partial charge in [-0.15, -0.1) is 0 Å². The van der Waals surface area contributed by atoms with Crippen molar-refractivity contribution in [1.82, 2.24) is 19.7 Å². The van der Waals surface area contributed by atoms with Crippen molar-refractivity contribution in [2.24, 2.45) is 7.05 Å². The molecular weight excluding hydrogens is 268 g/mol. The van der Waals surface area contributed by atoms with Crippen LogP contribution in [-0.4, -0.2) is 30.8 Å². The van der Waals surface area contributed by atoms with Crippen LogP contribution in [0.4, 0.5) is 0 Å². The predicted octanol–water partition coefficient (Wildman–Crippen LogP) is 0.802. The highest BCUT2D eigenvalue weighted by Crippen LogP contribution is 2.23. The summed E-state index contributed by atoms with van der Waals surface area (Å²) in [7, 11) is 1.80. The third-order valence-corrected chi connectivity index (χ3v) is 3.43. The first-order valence-corrected chi connectivity index (χ1v) is 6.41. The monoisotopic (exact) mass is 280 g/mol. The van der Waals surface area contributed by atoms with Crippen LogP contribution in [0, 0.1) is 6.92 Å². The first-order valence-electron chi connectivity index (χ1n) is 5.43. The van der Waals surface area contributed by atoms with Crippen LogP contribution in [0.2, 0.25) is 0 Å². The molecular formula is C11H12N4O3S. The van der Waals surface area contributed by atoms with Crippen molar-refractivity contribution in [2.75, 3.05) is 0 Å². The third kappa shape index (κ3) is 3.02.